The molecule has 3 rings (SSSR count). The molecule has 2 aromatic rings. The number of benzene rings is 2. The molecule has 1 saturated heterocycles. The van der Waals surface area contributed by atoms with Gasteiger partial charge in [-0.1, -0.05) is 24.3 Å². The van der Waals surface area contributed by atoms with E-state index in [1.807, 2.05) is 74.2 Å². The Balaban J connectivity index is 1.64. The predicted octanol–water partition coefficient (Wildman–Crippen LogP) is 4.90. The van der Waals surface area contributed by atoms with Crippen LogP contribution in [-0.2, 0) is 0 Å². The number of amides is 3. The Morgan fingerprint density at radius 1 is 0.821 bits per heavy atom. The van der Waals surface area contributed by atoms with Crippen LogP contribution in [-0.4, -0.2) is 35.5 Å². The van der Waals surface area contributed by atoms with Crippen molar-refractivity contribution in [1.29, 1.82) is 0 Å². The summed E-state index contributed by atoms with van der Waals surface area (Å²) in [6, 6.07) is 15.2. The Kier molecular flexibility index (Phi) is 6.02. The maximum atomic E-state index is 12.6. The van der Waals surface area contributed by atoms with Gasteiger partial charge in [0.05, 0.1) is 0 Å². The Morgan fingerprint density at radius 3 is 1.89 bits per heavy atom. The van der Waals surface area contributed by atoms with Crippen LogP contribution < -0.4 is 10.6 Å². The molecule has 1 aliphatic rings. The van der Waals surface area contributed by atoms with Crippen molar-refractivity contribution in [2.45, 2.75) is 45.6 Å². The van der Waals surface area contributed by atoms with E-state index in [0.717, 1.165) is 48.3 Å². The molecule has 1 heterocycles. The molecule has 0 aliphatic carbocycles. The zero-order valence-electron chi connectivity index (χ0n) is 16.9. The molecule has 1 aliphatic heterocycles. The van der Waals surface area contributed by atoms with Crippen molar-refractivity contribution >= 4 is 17.6 Å². The monoisotopic (exact) mass is 379 g/mol. The molecular weight excluding hydrogens is 350 g/mol. The molecule has 2 aromatic carbocycles. The summed E-state index contributed by atoms with van der Waals surface area (Å²) in [4.78, 5) is 26.5. The van der Waals surface area contributed by atoms with Crippen LogP contribution >= 0.6 is 0 Å². The van der Waals surface area contributed by atoms with Gasteiger partial charge < -0.3 is 15.5 Å². The number of hydrogen-bond donors (Lipinski definition) is 2. The maximum absolute atomic E-state index is 12.6. The molecule has 1 fully saturated rings. The van der Waals surface area contributed by atoms with Gasteiger partial charge in [0.2, 0.25) is 0 Å². The molecule has 5 heteroatoms. The number of carbonyl (C=O) groups excluding carboxylic acids is 2. The molecule has 2 N–H and O–H groups in total. The smallest absolute Gasteiger partial charge is 0.319 e. The summed E-state index contributed by atoms with van der Waals surface area (Å²) in [5.74, 6) is 0.121. The summed E-state index contributed by atoms with van der Waals surface area (Å²) in [5, 5.41) is 5.71. The molecule has 28 heavy (non-hydrogen) atoms. The second kappa shape index (κ2) is 8.46. The lowest BCUT2D eigenvalue weighted by Gasteiger charge is -2.26. The van der Waals surface area contributed by atoms with Crippen molar-refractivity contribution in [3.8, 4) is 11.1 Å². The normalized spacial score (nSPS) is 14.5. The average molecular weight is 380 g/mol. The Bertz CT molecular complexity index is 814. The van der Waals surface area contributed by atoms with E-state index >= 15 is 0 Å². The van der Waals surface area contributed by atoms with Crippen molar-refractivity contribution in [3.05, 3.63) is 54.1 Å². The summed E-state index contributed by atoms with van der Waals surface area (Å²) in [7, 11) is 0. The first-order valence-corrected chi connectivity index (χ1v) is 9.91. The number of nitrogens with one attached hydrogen (secondary N) is 2. The second-order valence-corrected chi connectivity index (χ2v) is 8.34. The topological polar surface area (TPSA) is 61.4 Å². The fourth-order valence-electron chi connectivity index (χ4n) is 3.33. The van der Waals surface area contributed by atoms with Gasteiger partial charge in [0.15, 0.2) is 0 Å². The van der Waals surface area contributed by atoms with Gasteiger partial charge in [-0.15, -0.1) is 0 Å². The number of hydrogen-bond acceptors (Lipinski definition) is 2. The lowest BCUT2D eigenvalue weighted by Crippen LogP contribution is -2.43. The van der Waals surface area contributed by atoms with Crippen LogP contribution in [0, 0.1) is 0 Å². The second-order valence-electron chi connectivity index (χ2n) is 8.34. The zero-order chi connectivity index (χ0) is 20.1. The Morgan fingerprint density at radius 2 is 1.36 bits per heavy atom. The van der Waals surface area contributed by atoms with Crippen molar-refractivity contribution in [2.75, 3.05) is 18.4 Å². The maximum Gasteiger partial charge on any atom is 0.319 e. The highest BCUT2D eigenvalue weighted by atomic mass is 16.2. The highest BCUT2D eigenvalue weighted by Gasteiger charge is 2.18. The first kappa shape index (κ1) is 19.9. The number of carbonyl (C=O) groups is 2. The lowest BCUT2D eigenvalue weighted by molar-refractivity contribution is 0.0724. The van der Waals surface area contributed by atoms with Crippen molar-refractivity contribution < 1.29 is 9.59 Å². The fraction of sp³-hybridized carbons (Fsp3) is 0.391. The third-order valence-corrected chi connectivity index (χ3v) is 4.74. The molecule has 0 bridgehead atoms. The van der Waals surface area contributed by atoms with Gasteiger partial charge in [-0.05, 0) is 75.4 Å². The minimum atomic E-state index is -0.280. The predicted molar refractivity (Wildman–Crippen MR) is 114 cm³/mol. The fourth-order valence-corrected chi connectivity index (χ4v) is 3.33. The number of anilines is 1. The quantitative estimate of drug-likeness (QED) is 0.797. The largest absolute Gasteiger partial charge is 0.339 e. The Hall–Kier alpha value is -2.82. The molecule has 5 nitrogen and oxygen atoms in total. The van der Waals surface area contributed by atoms with Crippen LogP contribution in [0.5, 0.6) is 0 Å². The Labute approximate surface area is 167 Å². The van der Waals surface area contributed by atoms with E-state index in [0.29, 0.717) is 0 Å². The molecule has 148 valence electrons. The standard InChI is InChI=1S/C23H29N3O2/c1-23(2,3)25-22(28)24-20-13-11-18(12-14-20)17-7-9-19(10-8-17)21(27)26-15-5-4-6-16-26/h7-14H,4-6,15-16H2,1-3H3,(H2,24,25,28). The summed E-state index contributed by atoms with van der Waals surface area (Å²) < 4.78 is 0. The summed E-state index contributed by atoms with van der Waals surface area (Å²) in [5.41, 5.74) is 3.28. The van der Waals surface area contributed by atoms with E-state index in [9.17, 15) is 9.59 Å². The van der Waals surface area contributed by atoms with E-state index < -0.39 is 0 Å². The van der Waals surface area contributed by atoms with E-state index in [-0.39, 0.29) is 17.5 Å². The molecule has 0 atom stereocenters. The molecule has 0 aromatic heterocycles. The first-order valence-electron chi connectivity index (χ1n) is 9.91. The molecule has 0 spiro atoms. The number of piperidine rings is 1. The van der Waals surface area contributed by atoms with Gasteiger partial charge in [0.1, 0.15) is 0 Å². The number of likely N-dealkylation sites (tertiary alicyclic amines) is 1. The SMILES string of the molecule is CC(C)(C)NC(=O)Nc1ccc(-c2ccc(C(=O)N3CCCCC3)cc2)cc1. The van der Waals surface area contributed by atoms with Gasteiger partial charge in [-0.3, -0.25) is 4.79 Å². The third kappa shape index (κ3) is 5.35. The molecule has 0 saturated carbocycles. The van der Waals surface area contributed by atoms with Crippen molar-refractivity contribution in [3.63, 3.8) is 0 Å². The van der Waals surface area contributed by atoms with E-state index in [4.69, 9.17) is 0 Å². The van der Waals surface area contributed by atoms with E-state index in [2.05, 4.69) is 10.6 Å². The number of urea groups is 1. The van der Waals surface area contributed by atoms with Crippen LogP contribution in [0.4, 0.5) is 10.5 Å². The lowest BCUT2D eigenvalue weighted by atomic mass is 10.0. The van der Waals surface area contributed by atoms with Crippen LogP contribution in [0.15, 0.2) is 48.5 Å². The van der Waals surface area contributed by atoms with Gasteiger partial charge in [0, 0.05) is 29.9 Å². The summed E-state index contributed by atoms with van der Waals surface area (Å²) in [6.45, 7) is 7.54. The minimum absolute atomic E-state index is 0.121. The highest BCUT2D eigenvalue weighted by Crippen LogP contribution is 2.23. The van der Waals surface area contributed by atoms with Crippen molar-refractivity contribution in [2.24, 2.45) is 0 Å². The van der Waals surface area contributed by atoms with Crippen molar-refractivity contribution in [1.82, 2.24) is 10.2 Å². The van der Waals surface area contributed by atoms with Crippen LogP contribution in [0.2, 0.25) is 0 Å². The summed E-state index contributed by atoms with van der Waals surface area (Å²) >= 11 is 0. The number of rotatable bonds is 3. The minimum Gasteiger partial charge on any atom is -0.339 e. The van der Waals surface area contributed by atoms with E-state index in [1.165, 1.54) is 6.42 Å². The molecule has 3 amide bonds. The molecular formula is C23H29N3O2. The molecule has 0 unspecified atom stereocenters. The van der Waals surface area contributed by atoms with Gasteiger partial charge in [-0.2, -0.15) is 0 Å². The van der Waals surface area contributed by atoms with Gasteiger partial charge in [0.25, 0.3) is 5.91 Å². The van der Waals surface area contributed by atoms with Crippen LogP contribution in [0.25, 0.3) is 11.1 Å². The van der Waals surface area contributed by atoms with Crippen LogP contribution in [0.1, 0.15) is 50.4 Å². The van der Waals surface area contributed by atoms with E-state index in [1.54, 1.807) is 0 Å². The van der Waals surface area contributed by atoms with Gasteiger partial charge in [-0.25, -0.2) is 4.79 Å². The van der Waals surface area contributed by atoms with Crippen LogP contribution in [0.3, 0.4) is 0 Å². The zero-order valence-corrected chi connectivity index (χ0v) is 16.9. The number of nitrogens with zero attached hydrogens (tertiary/aromatic N) is 1. The third-order valence-electron chi connectivity index (χ3n) is 4.74. The highest BCUT2D eigenvalue weighted by molar-refractivity contribution is 5.95. The molecule has 0 radical (unpaired) electrons. The first-order chi connectivity index (χ1) is 13.3. The summed E-state index contributed by atoms with van der Waals surface area (Å²) in [6.07, 6.45) is 3.40. The average Bonchev–Trinajstić information content (AvgIpc) is 2.67. The van der Waals surface area contributed by atoms with Gasteiger partial charge >= 0.3 is 6.03 Å².